The highest BCUT2D eigenvalue weighted by Gasteiger charge is 2.38. The maximum Gasteiger partial charge on any atom is 0.416 e. The molecule has 31 heavy (non-hydrogen) atoms. The molecule has 3 rings (SSSR count). The highest BCUT2D eigenvalue weighted by molar-refractivity contribution is 8.15. The van der Waals surface area contributed by atoms with E-state index in [9.17, 15) is 22.4 Å². The highest BCUT2D eigenvalue weighted by atomic mass is 32.2. The summed E-state index contributed by atoms with van der Waals surface area (Å²) in [7, 11) is 0. The van der Waals surface area contributed by atoms with Crippen LogP contribution in [0.5, 0.6) is 0 Å². The first-order valence-electron chi connectivity index (χ1n) is 9.32. The minimum atomic E-state index is -4.45. The molecular weight excluding hydrogens is 430 g/mol. The summed E-state index contributed by atoms with van der Waals surface area (Å²) >= 11 is 1.14. The van der Waals surface area contributed by atoms with E-state index in [4.69, 9.17) is 0 Å². The zero-order valence-corrected chi connectivity index (χ0v) is 17.4. The van der Waals surface area contributed by atoms with Crippen molar-refractivity contribution in [2.24, 2.45) is 10.2 Å². The lowest BCUT2D eigenvalue weighted by Crippen LogP contribution is -2.32. The van der Waals surface area contributed by atoms with Gasteiger partial charge < -0.3 is 0 Å². The predicted molar refractivity (Wildman–Crippen MR) is 114 cm³/mol. The van der Waals surface area contributed by atoms with E-state index in [1.807, 2.05) is 0 Å². The van der Waals surface area contributed by atoms with E-state index < -0.39 is 17.0 Å². The van der Waals surface area contributed by atoms with Crippen molar-refractivity contribution in [3.8, 4) is 0 Å². The smallest absolute Gasteiger partial charge is 0.285 e. The van der Waals surface area contributed by atoms with Crippen LogP contribution in [-0.4, -0.2) is 33.5 Å². The number of benzene rings is 2. The van der Waals surface area contributed by atoms with Gasteiger partial charge in [-0.15, -0.1) is 11.7 Å². The second-order valence-electron chi connectivity index (χ2n) is 6.82. The van der Waals surface area contributed by atoms with Gasteiger partial charge >= 0.3 is 6.18 Å². The number of carbonyl (C=O) groups is 1. The minimum Gasteiger partial charge on any atom is -0.285 e. The number of amidine groups is 1. The molecule has 1 saturated heterocycles. The number of thioether (sulfide) groups is 1. The van der Waals surface area contributed by atoms with Crippen LogP contribution in [0.15, 0.2) is 71.4 Å². The predicted octanol–water partition coefficient (Wildman–Crippen LogP) is 5.30. The van der Waals surface area contributed by atoms with Crippen molar-refractivity contribution in [1.29, 1.82) is 0 Å². The molecule has 162 valence electrons. The van der Waals surface area contributed by atoms with E-state index >= 15 is 0 Å². The summed E-state index contributed by atoms with van der Waals surface area (Å²) in [6.07, 6.45) is -2.78. The van der Waals surface area contributed by atoms with Crippen molar-refractivity contribution in [1.82, 2.24) is 4.90 Å². The molecule has 0 aliphatic carbocycles. The minimum absolute atomic E-state index is 0.126. The summed E-state index contributed by atoms with van der Waals surface area (Å²) in [5.41, 5.74) is 0.861. The van der Waals surface area contributed by atoms with Crippen molar-refractivity contribution < 1.29 is 22.4 Å². The maximum atomic E-state index is 13.1. The molecule has 1 fully saturated rings. The van der Waals surface area contributed by atoms with Crippen LogP contribution in [-0.2, 0) is 17.4 Å². The lowest BCUT2D eigenvalue weighted by Gasteiger charge is -2.13. The third kappa shape index (κ3) is 5.61. The Hall–Kier alpha value is -2.94. The fraction of sp³-hybridized carbons (Fsp3) is 0.227. The van der Waals surface area contributed by atoms with Crippen molar-refractivity contribution in [2.45, 2.75) is 24.8 Å². The van der Waals surface area contributed by atoms with Crippen molar-refractivity contribution in [2.75, 3.05) is 6.54 Å². The number of halogens is 4. The molecular formula is C22H19F4N3OS. The first-order chi connectivity index (χ1) is 14.7. The van der Waals surface area contributed by atoms with Gasteiger partial charge in [0.1, 0.15) is 5.82 Å². The van der Waals surface area contributed by atoms with Crippen LogP contribution in [0.2, 0.25) is 0 Å². The number of alkyl halides is 3. The maximum absolute atomic E-state index is 13.1. The third-order valence-corrected chi connectivity index (χ3v) is 5.72. The van der Waals surface area contributed by atoms with Crippen molar-refractivity contribution in [3.05, 3.63) is 83.7 Å². The van der Waals surface area contributed by atoms with Gasteiger partial charge in [0, 0.05) is 6.54 Å². The Bertz CT molecular complexity index is 1030. The van der Waals surface area contributed by atoms with E-state index in [0.717, 1.165) is 23.9 Å². The van der Waals surface area contributed by atoms with E-state index in [1.54, 1.807) is 25.1 Å². The average Bonchev–Trinajstić information content (AvgIpc) is 3.01. The van der Waals surface area contributed by atoms with Gasteiger partial charge in [0.05, 0.1) is 16.5 Å². The Morgan fingerprint density at radius 1 is 1.23 bits per heavy atom. The molecule has 0 spiro atoms. The van der Waals surface area contributed by atoms with Gasteiger partial charge in [0.25, 0.3) is 0 Å². The molecule has 1 aliphatic rings. The summed E-state index contributed by atoms with van der Waals surface area (Å²) in [5, 5.41) is 8.03. The molecule has 0 aromatic heterocycles. The number of hydrogen-bond donors (Lipinski definition) is 0. The van der Waals surface area contributed by atoms with E-state index in [-0.39, 0.29) is 24.7 Å². The standard InChI is InChI=1S/C22H19F4N3OS/c1-3-11-29-20(30)19(13-15-5-4-6-17(12-15)22(24,25)26)31-21(29)28-27-14(2)16-7-9-18(23)10-8-16/h3-10,12,19H,1,11,13H2,2H3/b27-14-,28-21+. The van der Waals surface area contributed by atoms with Crippen LogP contribution in [0.1, 0.15) is 23.6 Å². The van der Waals surface area contributed by atoms with Gasteiger partial charge in [-0.2, -0.15) is 18.3 Å². The van der Waals surface area contributed by atoms with Crippen molar-refractivity contribution >= 4 is 28.5 Å². The van der Waals surface area contributed by atoms with E-state index in [2.05, 4.69) is 16.8 Å². The molecule has 0 saturated carbocycles. The highest BCUT2D eigenvalue weighted by Crippen LogP contribution is 2.33. The summed E-state index contributed by atoms with van der Waals surface area (Å²) in [5.74, 6) is -0.634. The Morgan fingerprint density at radius 2 is 1.94 bits per heavy atom. The SMILES string of the molecule is C=CCN1C(=O)C(Cc2cccc(C(F)(F)F)c2)S/C1=N/N=C(/C)c1ccc(F)cc1. The Balaban J connectivity index is 1.82. The van der Waals surface area contributed by atoms with Gasteiger partial charge in [0.15, 0.2) is 5.17 Å². The molecule has 2 aromatic rings. The van der Waals surface area contributed by atoms with Crippen LogP contribution in [0.4, 0.5) is 17.6 Å². The molecule has 9 heteroatoms. The summed E-state index contributed by atoms with van der Waals surface area (Å²) in [6, 6.07) is 10.7. The van der Waals surface area contributed by atoms with Gasteiger partial charge in [-0.1, -0.05) is 48.2 Å². The van der Waals surface area contributed by atoms with Gasteiger partial charge in [0.2, 0.25) is 5.91 Å². The van der Waals surface area contributed by atoms with E-state index in [0.29, 0.717) is 22.0 Å². The molecule has 0 bridgehead atoms. The molecule has 1 unspecified atom stereocenters. The quantitative estimate of drug-likeness (QED) is 0.260. The Morgan fingerprint density at radius 3 is 2.58 bits per heavy atom. The van der Waals surface area contributed by atoms with Gasteiger partial charge in [-0.3, -0.25) is 9.69 Å². The zero-order chi connectivity index (χ0) is 22.6. The van der Waals surface area contributed by atoms with Crippen LogP contribution < -0.4 is 0 Å². The first-order valence-corrected chi connectivity index (χ1v) is 10.2. The second-order valence-corrected chi connectivity index (χ2v) is 7.99. The van der Waals surface area contributed by atoms with Gasteiger partial charge in [-0.25, -0.2) is 4.39 Å². The topological polar surface area (TPSA) is 45.0 Å². The molecule has 2 aromatic carbocycles. The molecule has 1 aliphatic heterocycles. The summed E-state index contributed by atoms with van der Waals surface area (Å²) < 4.78 is 52.0. The van der Waals surface area contributed by atoms with Crippen LogP contribution in [0, 0.1) is 5.82 Å². The third-order valence-electron chi connectivity index (χ3n) is 4.55. The number of amides is 1. The summed E-state index contributed by atoms with van der Waals surface area (Å²) in [4.78, 5) is 14.2. The largest absolute Gasteiger partial charge is 0.416 e. The normalized spacial score (nSPS) is 18.7. The number of nitrogens with zero attached hydrogens (tertiary/aromatic N) is 3. The number of hydrogen-bond acceptors (Lipinski definition) is 4. The first kappa shape index (κ1) is 22.7. The summed E-state index contributed by atoms with van der Waals surface area (Å²) in [6.45, 7) is 5.55. The molecule has 0 N–H and O–H groups in total. The fourth-order valence-electron chi connectivity index (χ4n) is 2.97. The van der Waals surface area contributed by atoms with Crippen LogP contribution in [0.3, 0.4) is 0 Å². The molecule has 0 radical (unpaired) electrons. The Labute approximate surface area is 181 Å². The fourth-order valence-corrected chi connectivity index (χ4v) is 4.11. The molecule has 1 atom stereocenters. The Kier molecular flexibility index (Phi) is 6.94. The van der Waals surface area contributed by atoms with Gasteiger partial charge in [-0.05, 0) is 42.7 Å². The van der Waals surface area contributed by atoms with Crippen LogP contribution in [0.25, 0.3) is 0 Å². The molecule has 1 amide bonds. The number of rotatable bonds is 6. The number of carbonyl (C=O) groups excluding carboxylic acids is 1. The molecule has 1 heterocycles. The average molecular weight is 449 g/mol. The van der Waals surface area contributed by atoms with E-state index in [1.165, 1.54) is 29.2 Å². The monoisotopic (exact) mass is 449 g/mol. The molecule has 4 nitrogen and oxygen atoms in total. The lowest BCUT2D eigenvalue weighted by atomic mass is 10.1. The van der Waals surface area contributed by atoms with Crippen LogP contribution >= 0.6 is 11.8 Å². The lowest BCUT2D eigenvalue weighted by molar-refractivity contribution is -0.137. The zero-order valence-electron chi connectivity index (χ0n) is 16.6. The second kappa shape index (κ2) is 9.47. The van der Waals surface area contributed by atoms with Crippen molar-refractivity contribution in [3.63, 3.8) is 0 Å².